The molecule has 0 aromatic heterocycles. The van der Waals surface area contributed by atoms with E-state index in [2.05, 4.69) is 5.32 Å². The van der Waals surface area contributed by atoms with Crippen LogP contribution in [0.2, 0.25) is 0 Å². The van der Waals surface area contributed by atoms with Crippen LogP contribution >= 0.6 is 11.8 Å². The highest BCUT2D eigenvalue weighted by atomic mass is 32.2. The second-order valence-electron chi connectivity index (χ2n) is 5.37. The average molecular weight is 375 g/mol. The molecule has 0 bridgehead atoms. The predicted octanol–water partition coefficient (Wildman–Crippen LogP) is 3.53. The van der Waals surface area contributed by atoms with Crippen LogP contribution in [0, 0.1) is 6.92 Å². The molecule has 0 heterocycles. The van der Waals surface area contributed by atoms with Gasteiger partial charge in [-0.15, -0.1) is 11.8 Å². The number of hydrogen-bond acceptors (Lipinski definition) is 6. The summed E-state index contributed by atoms with van der Waals surface area (Å²) >= 11 is 1.38. The Hall–Kier alpha value is -2.67. The lowest BCUT2D eigenvalue weighted by Gasteiger charge is -2.11. The largest absolute Gasteiger partial charge is 0.493 e. The zero-order valence-corrected chi connectivity index (χ0v) is 15.9. The van der Waals surface area contributed by atoms with E-state index in [0.717, 1.165) is 10.5 Å². The summed E-state index contributed by atoms with van der Waals surface area (Å²) in [4.78, 5) is 24.8. The van der Waals surface area contributed by atoms with Crippen molar-refractivity contribution in [2.24, 2.45) is 0 Å². The molecule has 1 N–H and O–H groups in total. The molecule has 2 aromatic rings. The summed E-state index contributed by atoms with van der Waals surface area (Å²) in [5.74, 6) is 0.850. The topological polar surface area (TPSA) is 73.9 Å². The van der Waals surface area contributed by atoms with Crippen LogP contribution in [0.1, 0.15) is 15.9 Å². The van der Waals surface area contributed by atoms with Crippen LogP contribution in [0.25, 0.3) is 0 Å². The summed E-state index contributed by atoms with van der Waals surface area (Å²) in [7, 11) is 4.46. The minimum Gasteiger partial charge on any atom is -0.493 e. The molecule has 26 heavy (non-hydrogen) atoms. The molecule has 0 unspecified atom stereocenters. The molecule has 0 saturated carbocycles. The number of benzene rings is 2. The Morgan fingerprint density at radius 3 is 2.38 bits per heavy atom. The minimum absolute atomic E-state index is 0.171. The molecule has 1 amide bonds. The van der Waals surface area contributed by atoms with Crippen molar-refractivity contribution >= 4 is 29.3 Å². The van der Waals surface area contributed by atoms with E-state index >= 15 is 0 Å². The lowest BCUT2D eigenvalue weighted by atomic mass is 10.1. The maximum absolute atomic E-state index is 12.3. The number of anilines is 1. The second-order valence-corrected chi connectivity index (χ2v) is 6.42. The summed E-state index contributed by atoms with van der Waals surface area (Å²) in [6.45, 7) is 1.86. The number of ether oxygens (including phenoxy) is 3. The summed E-state index contributed by atoms with van der Waals surface area (Å²) in [6.07, 6.45) is 0. The van der Waals surface area contributed by atoms with Gasteiger partial charge in [0, 0.05) is 10.6 Å². The third-order valence-electron chi connectivity index (χ3n) is 3.66. The first-order valence-electron chi connectivity index (χ1n) is 7.82. The van der Waals surface area contributed by atoms with Crippen molar-refractivity contribution in [1.29, 1.82) is 0 Å². The van der Waals surface area contributed by atoms with Crippen molar-refractivity contribution in [1.82, 2.24) is 0 Å². The monoisotopic (exact) mass is 375 g/mol. The van der Waals surface area contributed by atoms with Gasteiger partial charge in [-0.2, -0.15) is 0 Å². The number of hydrogen-bond donors (Lipinski definition) is 1. The fraction of sp³-hybridized carbons (Fsp3) is 0.263. The van der Waals surface area contributed by atoms with Gasteiger partial charge in [-0.1, -0.05) is 6.07 Å². The van der Waals surface area contributed by atoms with E-state index in [1.54, 1.807) is 38.5 Å². The highest BCUT2D eigenvalue weighted by molar-refractivity contribution is 8.00. The van der Waals surface area contributed by atoms with Crippen molar-refractivity contribution in [2.75, 3.05) is 32.4 Å². The van der Waals surface area contributed by atoms with E-state index in [-0.39, 0.29) is 11.7 Å². The van der Waals surface area contributed by atoms with Crippen molar-refractivity contribution in [3.63, 3.8) is 0 Å². The van der Waals surface area contributed by atoms with E-state index in [0.29, 0.717) is 22.7 Å². The van der Waals surface area contributed by atoms with Gasteiger partial charge in [0.25, 0.3) is 0 Å². The van der Waals surface area contributed by atoms with E-state index in [1.807, 2.05) is 19.1 Å². The number of rotatable bonds is 7. The molecule has 0 saturated heterocycles. The molecule has 0 radical (unpaired) electrons. The van der Waals surface area contributed by atoms with Crippen LogP contribution in [-0.4, -0.2) is 39.0 Å². The van der Waals surface area contributed by atoms with Crippen LogP contribution in [0.5, 0.6) is 11.5 Å². The molecule has 0 aliphatic carbocycles. The minimum atomic E-state index is -0.444. The molecule has 2 rings (SSSR count). The molecule has 0 spiro atoms. The van der Waals surface area contributed by atoms with Gasteiger partial charge in [-0.3, -0.25) is 4.79 Å². The molecule has 0 aliphatic heterocycles. The van der Waals surface area contributed by atoms with Crippen LogP contribution < -0.4 is 14.8 Å². The van der Waals surface area contributed by atoms with Crippen LogP contribution in [0.4, 0.5) is 5.69 Å². The van der Waals surface area contributed by atoms with Crippen LogP contribution in [-0.2, 0) is 9.53 Å². The van der Waals surface area contributed by atoms with Gasteiger partial charge < -0.3 is 19.5 Å². The molecule has 0 atom stereocenters. The van der Waals surface area contributed by atoms with E-state index in [1.165, 1.54) is 18.9 Å². The van der Waals surface area contributed by atoms with Gasteiger partial charge in [0.05, 0.1) is 32.6 Å². The van der Waals surface area contributed by atoms with E-state index in [4.69, 9.17) is 14.2 Å². The van der Waals surface area contributed by atoms with Crippen LogP contribution in [0.15, 0.2) is 41.3 Å². The molecular weight excluding hydrogens is 354 g/mol. The number of methoxy groups -OCH3 is 3. The van der Waals surface area contributed by atoms with Crippen molar-refractivity contribution in [2.45, 2.75) is 11.8 Å². The number of amides is 1. The smallest absolute Gasteiger partial charge is 0.337 e. The Morgan fingerprint density at radius 1 is 1.00 bits per heavy atom. The Labute approximate surface area is 156 Å². The Kier molecular flexibility index (Phi) is 6.91. The van der Waals surface area contributed by atoms with Gasteiger partial charge in [0.15, 0.2) is 11.5 Å². The third-order valence-corrected chi connectivity index (χ3v) is 4.65. The highest BCUT2D eigenvalue weighted by Gasteiger charge is 2.11. The van der Waals surface area contributed by atoms with Crippen LogP contribution in [0.3, 0.4) is 0 Å². The van der Waals surface area contributed by atoms with E-state index < -0.39 is 5.97 Å². The van der Waals surface area contributed by atoms with Gasteiger partial charge in [0.2, 0.25) is 5.91 Å². The fourth-order valence-corrected chi connectivity index (χ4v) is 2.97. The number of aryl methyl sites for hydroxylation is 1. The molecule has 0 fully saturated rings. The Bertz CT molecular complexity index is 807. The lowest BCUT2D eigenvalue weighted by molar-refractivity contribution is -0.113. The lowest BCUT2D eigenvalue weighted by Crippen LogP contribution is -2.15. The fourth-order valence-electron chi connectivity index (χ4n) is 2.24. The highest BCUT2D eigenvalue weighted by Crippen LogP contribution is 2.31. The summed E-state index contributed by atoms with van der Waals surface area (Å²) < 4.78 is 15.2. The normalized spacial score (nSPS) is 10.2. The molecule has 138 valence electrons. The van der Waals surface area contributed by atoms with Crippen molar-refractivity contribution in [3.05, 3.63) is 47.5 Å². The predicted molar refractivity (Wildman–Crippen MR) is 101 cm³/mol. The zero-order chi connectivity index (χ0) is 19.1. The Morgan fingerprint density at radius 2 is 1.73 bits per heavy atom. The first kappa shape index (κ1) is 19.7. The van der Waals surface area contributed by atoms with Crippen molar-refractivity contribution in [3.8, 4) is 11.5 Å². The number of esters is 1. The molecular formula is C19H21NO5S. The molecule has 6 nitrogen and oxygen atoms in total. The summed E-state index contributed by atoms with van der Waals surface area (Å²) in [5.41, 5.74) is 1.84. The van der Waals surface area contributed by atoms with Crippen molar-refractivity contribution < 1.29 is 23.8 Å². The number of nitrogens with one attached hydrogen (secondary N) is 1. The molecule has 2 aromatic carbocycles. The van der Waals surface area contributed by atoms with Gasteiger partial charge in [-0.25, -0.2) is 4.79 Å². The SMILES string of the molecule is COC(=O)c1ccc(C)c(NC(=O)CSc2ccc(OC)c(OC)c2)c1. The Balaban J connectivity index is 2.02. The third kappa shape index (κ3) is 4.92. The maximum Gasteiger partial charge on any atom is 0.337 e. The quantitative estimate of drug-likeness (QED) is 0.589. The van der Waals surface area contributed by atoms with Gasteiger partial charge in [-0.05, 0) is 42.8 Å². The van der Waals surface area contributed by atoms with E-state index in [9.17, 15) is 9.59 Å². The summed E-state index contributed by atoms with van der Waals surface area (Å²) in [5, 5.41) is 2.83. The number of thioether (sulfide) groups is 1. The van der Waals surface area contributed by atoms with Gasteiger partial charge >= 0.3 is 5.97 Å². The zero-order valence-electron chi connectivity index (χ0n) is 15.1. The first-order valence-corrected chi connectivity index (χ1v) is 8.80. The van der Waals surface area contributed by atoms with Gasteiger partial charge in [0.1, 0.15) is 0 Å². The summed E-state index contributed by atoms with van der Waals surface area (Å²) in [6, 6.07) is 10.5. The average Bonchev–Trinajstić information content (AvgIpc) is 2.67. The first-order chi connectivity index (χ1) is 12.5. The number of carbonyl (C=O) groups excluding carboxylic acids is 2. The maximum atomic E-state index is 12.3. The second kappa shape index (κ2) is 9.15. The molecule has 0 aliphatic rings. The number of carbonyl (C=O) groups is 2. The molecule has 7 heteroatoms. The standard InChI is InChI=1S/C19H21NO5S/c1-12-5-6-13(19(22)25-4)9-15(12)20-18(21)11-26-14-7-8-16(23-2)17(10-14)24-3/h5-10H,11H2,1-4H3,(H,20,21).